The third-order valence-electron chi connectivity index (χ3n) is 4.37. The van der Waals surface area contributed by atoms with Crippen LogP contribution in [0.15, 0.2) is 30.3 Å². The first-order valence-electron chi connectivity index (χ1n) is 8.77. The van der Waals surface area contributed by atoms with Crippen molar-refractivity contribution in [3.8, 4) is 5.75 Å². The van der Waals surface area contributed by atoms with Crippen LogP contribution in [0.1, 0.15) is 18.4 Å². The second-order valence-corrected chi connectivity index (χ2v) is 6.34. The molecule has 1 atom stereocenters. The van der Waals surface area contributed by atoms with Crippen LogP contribution in [0, 0.1) is 0 Å². The lowest BCUT2D eigenvalue weighted by molar-refractivity contribution is -0.877. The van der Waals surface area contributed by atoms with Gasteiger partial charge < -0.3 is 19.9 Å². The van der Waals surface area contributed by atoms with Gasteiger partial charge in [-0.1, -0.05) is 12.1 Å². The predicted molar refractivity (Wildman–Crippen MR) is 97.5 cm³/mol. The molecule has 1 heterocycles. The molecule has 2 amide bonds. The summed E-state index contributed by atoms with van der Waals surface area (Å²) in [5.41, 5.74) is 0.920. The van der Waals surface area contributed by atoms with Gasteiger partial charge in [0.15, 0.2) is 0 Å². The molecule has 25 heavy (non-hydrogen) atoms. The van der Waals surface area contributed by atoms with E-state index in [9.17, 15) is 9.59 Å². The van der Waals surface area contributed by atoms with Crippen LogP contribution in [0.3, 0.4) is 0 Å². The Balaban J connectivity index is 1.70. The highest BCUT2D eigenvalue weighted by molar-refractivity contribution is 5.92. The number of hydrogen-bond acceptors (Lipinski definition) is 3. The molecule has 0 spiro atoms. The molecule has 2 rings (SSSR count). The Bertz CT molecular complexity index is 598. The fourth-order valence-corrected chi connectivity index (χ4v) is 2.78. The van der Waals surface area contributed by atoms with Gasteiger partial charge in [-0.3, -0.25) is 9.59 Å². The summed E-state index contributed by atoms with van der Waals surface area (Å²) in [6, 6.07) is 7.45. The highest BCUT2D eigenvalue weighted by Crippen LogP contribution is 2.12. The SMILES string of the molecule is COc1ccc(/C=C/C(=O)NCCC(=O)N2CCC[NH+](C)CC2)cc1. The number of amides is 2. The molecule has 1 unspecified atom stereocenters. The van der Waals surface area contributed by atoms with Gasteiger partial charge in [0, 0.05) is 32.0 Å². The summed E-state index contributed by atoms with van der Waals surface area (Å²) in [5.74, 6) is 0.708. The van der Waals surface area contributed by atoms with E-state index in [1.807, 2.05) is 29.2 Å². The van der Waals surface area contributed by atoms with Gasteiger partial charge in [0.25, 0.3) is 0 Å². The topological polar surface area (TPSA) is 63.1 Å². The number of carbonyl (C=O) groups is 2. The fraction of sp³-hybridized carbons (Fsp3) is 0.474. The quantitative estimate of drug-likeness (QED) is 0.711. The van der Waals surface area contributed by atoms with Crippen LogP contribution in [0.25, 0.3) is 6.08 Å². The molecule has 1 aromatic rings. The van der Waals surface area contributed by atoms with Gasteiger partial charge in [0.2, 0.25) is 11.8 Å². The van der Waals surface area contributed by atoms with Gasteiger partial charge in [-0.2, -0.15) is 0 Å². The molecule has 0 bridgehead atoms. The monoisotopic (exact) mass is 346 g/mol. The van der Waals surface area contributed by atoms with Crippen molar-refractivity contribution in [1.29, 1.82) is 0 Å². The van der Waals surface area contributed by atoms with E-state index in [1.165, 1.54) is 11.0 Å². The summed E-state index contributed by atoms with van der Waals surface area (Å²) in [5, 5.41) is 2.77. The number of nitrogens with zero attached hydrogens (tertiary/aromatic N) is 1. The summed E-state index contributed by atoms with van der Waals surface area (Å²) in [7, 11) is 3.77. The van der Waals surface area contributed by atoms with Crippen molar-refractivity contribution >= 4 is 17.9 Å². The van der Waals surface area contributed by atoms with Crippen LogP contribution < -0.4 is 15.0 Å². The van der Waals surface area contributed by atoms with Crippen LogP contribution >= 0.6 is 0 Å². The van der Waals surface area contributed by atoms with E-state index in [4.69, 9.17) is 4.74 Å². The van der Waals surface area contributed by atoms with E-state index in [2.05, 4.69) is 12.4 Å². The molecule has 6 nitrogen and oxygen atoms in total. The zero-order valence-electron chi connectivity index (χ0n) is 15.1. The summed E-state index contributed by atoms with van der Waals surface area (Å²) >= 11 is 0. The summed E-state index contributed by atoms with van der Waals surface area (Å²) in [6.45, 7) is 4.08. The average molecular weight is 346 g/mol. The van der Waals surface area contributed by atoms with Crippen LogP contribution in [-0.4, -0.2) is 63.6 Å². The van der Waals surface area contributed by atoms with Gasteiger partial charge in [-0.25, -0.2) is 0 Å². The smallest absolute Gasteiger partial charge is 0.244 e. The molecule has 0 aliphatic carbocycles. The second-order valence-electron chi connectivity index (χ2n) is 6.34. The maximum absolute atomic E-state index is 12.2. The predicted octanol–water partition coefficient (Wildman–Crippen LogP) is -0.0383. The van der Waals surface area contributed by atoms with Crippen LogP contribution in [-0.2, 0) is 9.59 Å². The van der Waals surface area contributed by atoms with Crippen molar-refractivity contribution in [2.75, 3.05) is 46.9 Å². The van der Waals surface area contributed by atoms with Crippen molar-refractivity contribution in [2.45, 2.75) is 12.8 Å². The number of quaternary nitrogens is 1. The van der Waals surface area contributed by atoms with Gasteiger partial charge in [-0.15, -0.1) is 0 Å². The molecule has 2 N–H and O–H groups in total. The first kappa shape index (κ1) is 19.0. The maximum atomic E-state index is 12.2. The number of carbonyl (C=O) groups excluding carboxylic acids is 2. The lowest BCUT2D eigenvalue weighted by Gasteiger charge is -2.19. The van der Waals surface area contributed by atoms with Crippen molar-refractivity contribution < 1.29 is 19.2 Å². The Labute approximate surface area is 149 Å². The number of rotatable bonds is 6. The molecule has 0 radical (unpaired) electrons. The minimum atomic E-state index is -0.191. The van der Waals surface area contributed by atoms with Crippen LogP contribution in [0.2, 0.25) is 0 Å². The lowest BCUT2D eigenvalue weighted by Crippen LogP contribution is -3.09. The molecule has 0 saturated carbocycles. The van der Waals surface area contributed by atoms with Crippen molar-refractivity contribution in [3.05, 3.63) is 35.9 Å². The molecule has 1 aliphatic heterocycles. The Morgan fingerprint density at radius 2 is 2.00 bits per heavy atom. The average Bonchev–Trinajstić information content (AvgIpc) is 2.85. The largest absolute Gasteiger partial charge is 0.497 e. The van der Waals surface area contributed by atoms with E-state index in [0.29, 0.717) is 13.0 Å². The van der Waals surface area contributed by atoms with Gasteiger partial charge in [-0.05, 0) is 23.8 Å². The van der Waals surface area contributed by atoms with Gasteiger partial charge >= 0.3 is 0 Å². The number of likely N-dealkylation sites (N-methyl/N-ethyl adjacent to an activating group) is 1. The Morgan fingerprint density at radius 1 is 1.24 bits per heavy atom. The third-order valence-corrected chi connectivity index (χ3v) is 4.37. The van der Waals surface area contributed by atoms with Crippen LogP contribution in [0.4, 0.5) is 0 Å². The summed E-state index contributed by atoms with van der Waals surface area (Å²) in [6.07, 6.45) is 4.61. The fourth-order valence-electron chi connectivity index (χ4n) is 2.78. The second kappa shape index (κ2) is 9.84. The Morgan fingerprint density at radius 3 is 2.72 bits per heavy atom. The molecular formula is C19H28N3O3+. The Kier molecular flexibility index (Phi) is 7.47. The molecule has 1 fully saturated rings. The van der Waals surface area contributed by atoms with E-state index in [-0.39, 0.29) is 11.8 Å². The zero-order valence-corrected chi connectivity index (χ0v) is 15.1. The van der Waals surface area contributed by atoms with Crippen molar-refractivity contribution in [3.63, 3.8) is 0 Å². The normalized spacial score (nSPS) is 18.0. The standard InChI is InChI=1S/C19H27N3O3/c1-21-12-3-13-22(15-14-21)19(24)10-11-20-18(23)9-6-16-4-7-17(25-2)8-5-16/h4-9H,3,10-15H2,1-2H3,(H,20,23)/p+1/b9-6+. The van der Waals surface area contributed by atoms with E-state index < -0.39 is 0 Å². The van der Waals surface area contributed by atoms with E-state index in [0.717, 1.165) is 43.9 Å². The number of benzene rings is 1. The zero-order chi connectivity index (χ0) is 18.1. The maximum Gasteiger partial charge on any atom is 0.244 e. The van der Waals surface area contributed by atoms with Gasteiger partial charge in [0.1, 0.15) is 5.75 Å². The van der Waals surface area contributed by atoms with Crippen molar-refractivity contribution in [1.82, 2.24) is 10.2 Å². The molecule has 1 aromatic carbocycles. The Hall–Kier alpha value is -2.34. The van der Waals surface area contributed by atoms with E-state index in [1.54, 1.807) is 13.2 Å². The highest BCUT2D eigenvalue weighted by Gasteiger charge is 2.18. The minimum Gasteiger partial charge on any atom is -0.497 e. The first-order chi connectivity index (χ1) is 12.1. The van der Waals surface area contributed by atoms with Gasteiger partial charge in [0.05, 0.1) is 33.8 Å². The lowest BCUT2D eigenvalue weighted by atomic mass is 10.2. The first-order valence-corrected chi connectivity index (χ1v) is 8.77. The molecule has 1 aliphatic rings. The minimum absolute atomic E-state index is 0.120. The molecule has 0 aromatic heterocycles. The highest BCUT2D eigenvalue weighted by atomic mass is 16.5. The molecular weight excluding hydrogens is 318 g/mol. The number of nitrogens with one attached hydrogen (secondary N) is 2. The molecule has 1 saturated heterocycles. The summed E-state index contributed by atoms with van der Waals surface area (Å²) < 4.78 is 5.09. The number of hydrogen-bond donors (Lipinski definition) is 2. The third kappa shape index (κ3) is 6.58. The summed E-state index contributed by atoms with van der Waals surface area (Å²) in [4.78, 5) is 27.4. The molecule has 136 valence electrons. The van der Waals surface area contributed by atoms with Crippen LogP contribution in [0.5, 0.6) is 5.75 Å². The van der Waals surface area contributed by atoms with E-state index >= 15 is 0 Å². The molecule has 6 heteroatoms. The number of methoxy groups -OCH3 is 1. The number of ether oxygens (including phenoxy) is 1. The van der Waals surface area contributed by atoms with Crippen molar-refractivity contribution in [2.24, 2.45) is 0 Å².